The Balaban J connectivity index is 1.32. The molecule has 2 saturated carbocycles. The molecule has 1 amide bonds. The van der Waals surface area contributed by atoms with E-state index >= 15 is 0 Å². The minimum Gasteiger partial charge on any atom is -0.361 e. The van der Waals surface area contributed by atoms with Crippen LogP contribution in [0.2, 0.25) is 0 Å². The smallest absolute Gasteiger partial charge is 0.223 e. The molecule has 1 spiro atoms. The maximum Gasteiger partial charge on any atom is 0.223 e. The lowest BCUT2D eigenvalue weighted by Crippen LogP contribution is -2.32. The van der Waals surface area contributed by atoms with Gasteiger partial charge >= 0.3 is 0 Å². The van der Waals surface area contributed by atoms with Crippen molar-refractivity contribution in [2.24, 2.45) is 17.1 Å². The van der Waals surface area contributed by atoms with E-state index in [1.54, 1.807) is 6.07 Å². The molecular formula is C19H24FN3O. The normalized spacial score (nSPS) is 29.1. The van der Waals surface area contributed by atoms with Crippen LogP contribution in [0.1, 0.15) is 37.7 Å². The van der Waals surface area contributed by atoms with Crippen LogP contribution in [0.4, 0.5) is 4.39 Å². The summed E-state index contributed by atoms with van der Waals surface area (Å²) < 4.78 is 14.0. The second-order valence-electron chi connectivity index (χ2n) is 7.47. The summed E-state index contributed by atoms with van der Waals surface area (Å²) in [6.45, 7) is 0.548. The molecule has 2 aliphatic carbocycles. The predicted octanol–water partition coefficient (Wildman–Crippen LogP) is 2.87. The number of H-pyrrole nitrogens is 1. The van der Waals surface area contributed by atoms with Crippen LogP contribution in [-0.4, -0.2) is 23.5 Å². The highest BCUT2D eigenvalue weighted by atomic mass is 19.1. The fraction of sp³-hybridized carbons (Fsp3) is 0.526. The first-order valence-corrected chi connectivity index (χ1v) is 8.87. The van der Waals surface area contributed by atoms with E-state index in [0.29, 0.717) is 24.4 Å². The van der Waals surface area contributed by atoms with Crippen molar-refractivity contribution >= 4 is 16.8 Å². The van der Waals surface area contributed by atoms with Crippen molar-refractivity contribution in [3.8, 4) is 0 Å². The number of carbonyl (C=O) groups excluding carboxylic acids is 1. The van der Waals surface area contributed by atoms with Crippen molar-refractivity contribution in [3.05, 3.63) is 35.8 Å². The van der Waals surface area contributed by atoms with Crippen molar-refractivity contribution in [2.75, 3.05) is 6.54 Å². The molecular weight excluding hydrogens is 305 g/mol. The SMILES string of the molecule is NC1CCC2(CC1)CC2C(=O)NCCc1c[nH]c2cccc(F)c12. The van der Waals surface area contributed by atoms with E-state index in [1.807, 2.05) is 12.3 Å². The molecule has 4 rings (SSSR count). The topological polar surface area (TPSA) is 70.9 Å². The Bertz CT molecular complexity index is 761. The Labute approximate surface area is 141 Å². The van der Waals surface area contributed by atoms with Crippen LogP contribution in [-0.2, 0) is 11.2 Å². The van der Waals surface area contributed by atoms with Gasteiger partial charge in [-0.1, -0.05) is 6.07 Å². The van der Waals surface area contributed by atoms with Crippen LogP contribution in [0, 0.1) is 17.2 Å². The lowest BCUT2D eigenvalue weighted by Gasteiger charge is -2.26. The molecule has 2 fully saturated rings. The third kappa shape index (κ3) is 2.71. The van der Waals surface area contributed by atoms with Crippen LogP contribution >= 0.6 is 0 Å². The van der Waals surface area contributed by atoms with Crippen LogP contribution < -0.4 is 11.1 Å². The van der Waals surface area contributed by atoms with E-state index in [0.717, 1.165) is 43.2 Å². The Morgan fingerprint density at radius 1 is 1.38 bits per heavy atom. The second-order valence-corrected chi connectivity index (χ2v) is 7.47. The number of fused-ring (bicyclic) bond motifs is 1. The zero-order chi connectivity index (χ0) is 16.7. The molecule has 2 aromatic rings. The molecule has 24 heavy (non-hydrogen) atoms. The number of nitrogens with two attached hydrogens (primary N) is 1. The molecule has 1 aromatic heterocycles. The highest BCUT2D eigenvalue weighted by Gasteiger charge is 2.58. The summed E-state index contributed by atoms with van der Waals surface area (Å²) >= 11 is 0. The Morgan fingerprint density at radius 2 is 2.17 bits per heavy atom. The average Bonchev–Trinajstić information content (AvgIpc) is 3.12. The summed E-state index contributed by atoms with van der Waals surface area (Å²) in [6.07, 6.45) is 7.72. The summed E-state index contributed by atoms with van der Waals surface area (Å²) in [4.78, 5) is 15.5. The Kier molecular flexibility index (Phi) is 3.83. The summed E-state index contributed by atoms with van der Waals surface area (Å²) in [5.74, 6) is 0.102. The van der Waals surface area contributed by atoms with Gasteiger partial charge in [0.2, 0.25) is 5.91 Å². The standard InChI is InChI=1S/C19H24FN3O/c20-15-2-1-3-16-17(15)12(11-23-16)6-9-22-18(24)14-10-19(14)7-4-13(21)5-8-19/h1-3,11,13-14,23H,4-10,21H2,(H,22,24). The highest BCUT2D eigenvalue weighted by molar-refractivity contribution is 5.84. The van der Waals surface area contributed by atoms with Gasteiger partial charge in [0.1, 0.15) is 5.82 Å². The van der Waals surface area contributed by atoms with E-state index in [-0.39, 0.29) is 23.1 Å². The predicted molar refractivity (Wildman–Crippen MR) is 92.0 cm³/mol. The van der Waals surface area contributed by atoms with Crippen LogP contribution in [0.5, 0.6) is 0 Å². The van der Waals surface area contributed by atoms with E-state index in [2.05, 4.69) is 10.3 Å². The zero-order valence-electron chi connectivity index (χ0n) is 13.8. The van der Waals surface area contributed by atoms with E-state index in [9.17, 15) is 9.18 Å². The fourth-order valence-electron chi connectivity index (χ4n) is 4.33. The molecule has 0 aliphatic heterocycles. The number of aromatic amines is 1. The molecule has 4 nitrogen and oxygen atoms in total. The van der Waals surface area contributed by atoms with Crippen LogP contribution in [0.15, 0.2) is 24.4 Å². The van der Waals surface area contributed by atoms with Gasteiger partial charge in [-0.3, -0.25) is 4.79 Å². The van der Waals surface area contributed by atoms with Gasteiger partial charge in [-0.25, -0.2) is 4.39 Å². The minimum atomic E-state index is -0.213. The number of nitrogens with one attached hydrogen (secondary N) is 2. The van der Waals surface area contributed by atoms with Crippen molar-refractivity contribution in [1.29, 1.82) is 0 Å². The van der Waals surface area contributed by atoms with Gasteiger partial charge in [-0.2, -0.15) is 0 Å². The number of hydrogen-bond acceptors (Lipinski definition) is 2. The molecule has 1 heterocycles. The Hall–Kier alpha value is -1.88. The van der Waals surface area contributed by atoms with Gasteiger partial charge in [0.15, 0.2) is 0 Å². The molecule has 1 aromatic carbocycles. The molecule has 1 atom stereocenters. The number of aromatic nitrogens is 1. The quantitative estimate of drug-likeness (QED) is 0.807. The van der Waals surface area contributed by atoms with Gasteiger partial charge < -0.3 is 16.0 Å². The fourth-order valence-corrected chi connectivity index (χ4v) is 4.33. The number of benzene rings is 1. The number of amides is 1. The monoisotopic (exact) mass is 329 g/mol. The molecule has 5 heteroatoms. The number of carbonyl (C=O) groups is 1. The van der Waals surface area contributed by atoms with Crippen molar-refractivity contribution in [1.82, 2.24) is 10.3 Å². The van der Waals surface area contributed by atoms with E-state index in [4.69, 9.17) is 5.73 Å². The lowest BCUT2D eigenvalue weighted by atomic mass is 9.82. The third-order valence-corrected chi connectivity index (χ3v) is 5.96. The highest BCUT2D eigenvalue weighted by Crippen LogP contribution is 2.61. The van der Waals surface area contributed by atoms with Gasteiger partial charge in [0, 0.05) is 35.6 Å². The minimum absolute atomic E-state index is 0.157. The molecule has 2 aliphatic rings. The van der Waals surface area contributed by atoms with Crippen molar-refractivity contribution < 1.29 is 9.18 Å². The first-order chi connectivity index (χ1) is 11.6. The zero-order valence-corrected chi connectivity index (χ0v) is 13.8. The van der Waals surface area contributed by atoms with Gasteiger partial charge in [-0.05, 0) is 61.6 Å². The largest absolute Gasteiger partial charge is 0.361 e. The molecule has 128 valence electrons. The summed E-state index contributed by atoms with van der Waals surface area (Å²) in [6, 6.07) is 5.35. The lowest BCUT2D eigenvalue weighted by molar-refractivity contribution is -0.123. The average molecular weight is 329 g/mol. The van der Waals surface area contributed by atoms with Crippen molar-refractivity contribution in [2.45, 2.75) is 44.6 Å². The first-order valence-electron chi connectivity index (χ1n) is 8.87. The van der Waals surface area contributed by atoms with Crippen molar-refractivity contribution in [3.63, 3.8) is 0 Å². The maximum absolute atomic E-state index is 14.0. The maximum atomic E-state index is 14.0. The second kappa shape index (κ2) is 5.88. The molecule has 4 N–H and O–H groups in total. The molecule has 0 radical (unpaired) electrons. The number of halogens is 1. The van der Waals surface area contributed by atoms with Gasteiger partial charge in [-0.15, -0.1) is 0 Å². The van der Waals surface area contributed by atoms with E-state index < -0.39 is 0 Å². The molecule has 0 bridgehead atoms. The van der Waals surface area contributed by atoms with Gasteiger partial charge in [0.05, 0.1) is 0 Å². The first kappa shape index (κ1) is 15.6. The number of hydrogen-bond donors (Lipinski definition) is 3. The van der Waals surface area contributed by atoms with Gasteiger partial charge in [0.25, 0.3) is 0 Å². The number of rotatable bonds is 4. The van der Waals surface area contributed by atoms with Crippen LogP contribution in [0.25, 0.3) is 10.9 Å². The summed E-state index contributed by atoms with van der Waals surface area (Å²) in [7, 11) is 0. The summed E-state index contributed by atoms with van der Waals surface area (Å²) in [5.41, 5.74) is 7.91. The molecule has 1 unspecified atom stereocenters. The summed E-state index contributed by atoms with van der Waals surface area (Å²) in [5, 5.41) is 3.68. The van der Waals surface area contributed by atoms with E-state index in [1.165, 1.54) is 6.07 Å². The third-order valence-electron chi connectivity index (χ3n) is 5.96. The Morgan fingerprint density at radius 3 is 2.96 bits per heavy atom. The van der Waals surface area contributed by atoms with Crippen LogP contribution in [0.3, 0.4) is 0 Å². The molecule has 0 saturated heterocycles.